The number of hydrogen-bond acceptors (Lipinski definition) is 4. The van der Waals surface area contributed by atoms with Crippen molar-refractivity contribution in [3.05, 3.63) is 87.6 Å². The number of nitrogens with one attached hydrogen (secondary N) is 1. The normalized spacial score (nSPS) is 10.7. The Morgan fingerprint density at radius 3 is 2.42 bits per heavy atom. The molecule has 0 bridgehead atoms. The molecule has 0 unspecified atom stereocenters. The van der Waals surface area contributed by atoms with Gasteiger partial charge in [0.15, 0.2) is 5.82 Å². The van der Waals surface area contributed by atoms with Gasteiger partial charge in [-0.05, 0) is 54.6 Å². The third-order valence-electron chi connectivity index (χ3n) is 4.42. The number of hydrogen-bond donors (Lipinski definition) is 1. The van der Waals surface area contributed by atoms with E-state index in [1.165, 1.54) is 11.8 Å². The SMILES string of the molecule is COc1ccccc1NC(=O)c1nc(-c2ccc(Cl)cc2)n(-c2ccc(Cl)c(Cl)c2)n1. The van der Waals surface area contributed by atoms with Gasteiger partial charge in [0, 0.05) is 10.6 Å². The predicted molar refractivity (Wildman–Crippen MR) is 123 cm³/mol. The highest BCUT2D eigenvalue weighted by atomic mass is 35.5. The second-order valence-corrected chi connectivity index (χ2v) is 7.68. The molecule has 6 nitrogen and oxygen atoms in total. The Balaban J connectivity index is 1.78. The summed E-state index contributed by atoms with van der Waals surface area (Å²) in [7, 11) is 1.53. The summed E-state index contributed by atoms with van der Waals surface area (Å²) in [5.41, 5.74) is 1.83. The van der Waals surface area contributed by atoms with Crippen LogP contribution in [0, 0.1) is 0 Å². The van der Waals surface area contributed by atoms with Crippen LogP contribution >= 0.6 is 34.8 Å². The van der Waals surface area contributed by atoms with E-state index in [0.717, 1.165) is 5.56 Å². The largest absolute Gasteiger partial charge is 0.495 e. The minimum Gasteiger partial charge on any atom is -0.495 e. The Hall–Kier alpha value is -3.06. The highest BCUT2D eigenvalue weighted by molar-refractivity contribution is 6.42. The van der Waals surface area contributed by atoms with Crippen LogP contribution < -0.4 is 10.1 Å². The Bertz CT molecular complexity index is 1260. The number of methoxy groups -OCH3 is 1. The van der Waals surface area contributed by atoms with E-state index in [0.29, 0.717) is 38.0 Å². The fourth-order valence-corrected chi connectivity index (χ4v) is 3.34. The van der Waals surface area contributed by atoms with Gasteiger partial charge in [0.1, 0.15) is 5.75 Å². The van der Waals surface area contributed by atoms with Crippen LogP contribution in [0.1, 0.15) is 10.6 Å². The highest BCUT2D eigenvalue weighted by Crippen LogP contribution is 2.28. The predicted octanol–water partition coefficient (Wildman–Crippen LogP) is 6.16. The van der Waals surface area contributed by atoms with Crippen LogP contribution in [-0.4, -0.2) is 27.8 Å². The molecule has 4 rings (SSSR count). The van der Waals surface area contributed by atoms with Crippen molar-refractivity contribution in [1.29, 1.82) is 0 Å². The topological polar surface area (TPSA) is 69.0 Å². The van der Waals surface area contributed by atoms with Crippen molar-refractivity contribution in [1.82, 2.24) is 14.8 Å². The van der Waals surface area contributed by atoms with Gasteiger partial charge in [-0.25, -0.2) is 9.67 Å². The molecule has 1 N–H and O–H groups in total. The second-order valence-electron chi connectivity index (χ2n) is 6.43. The second kappa shape index (κ2) is 8.98. The zero-order valence-corrected chi connectivity index (χ0v) is 18.4. The van der Waals surface area contributed by atoms with Gasteiger partial charge in [-0.1, -0.05) is 46.9 Å². The number of halogens is 3. The van der Waals surface area contributed by atoms with Crippen molar-refractivity contribution in [3.63, 3.8) is 0 Å². The van der Waals surface area contributed by atoms with Crippen molar-refractivity contribution in [3.8, 4) is 22.8 Å². The summed E-state index contributed by atoms with van der Waals surface area (Å²) in [6.07, 6.45) is 0. The molecule has 0 spiro atoms. The average molecular weight is 474 g/mol. The first-order valence-electron chi connectivity index (χ1n) is 9.09. The number of anilines is 1. The van der Waals surface area contributed by atoms with E-state index in [4.69, 9.17) is 39.5 Å². The molecule has 0 aliphatic rings. The lowest BCUT2D eigenvalue weighted by molar-refractivity contribution is 0.101. The first-order valence-corrected chi connectivity index (χ1v) is 10.2. The summed E-state index contributed by atoms with van der Waals surface area (Å²) >= 11 is 18.3. The molecule has 1 aromatic heterocycles. The number of amides is 1. The summed E-state index contributed by atoms with van der Waals surface area (Å²) in [6.45, 7) is 0. The van der Waals surface area contributed by atoms with E-state index in [2.05, 4.69) is 15.4 Å². The maximum Gasteiger partial charge on any atom is 0.295 e. The molecular formula is C22H15Cl3N4O2. The van der Waals surface area contributed by atoms with E-state index in [-0.39, 0.29) is 5.82 Å². The van der Waals surface area contributed by atoms with Gasteiger partial charge in [0.2, 0.25) is 5.82 Å². The van der Waals surface area contributed by atoms with E-state index in [9.17, 15) is 4.79 Å². The molecule has 0 atom stereocenters. The van der Waals surface area contributed by atoms with Crippen molar-refractivity contribution in [2.75, 3.05) is 12.4 Å². The number of aromatic nitrogens is 3. The number of ether oxygens (including phenoxy) is 1. The van der Waals surface area contributed by atoms with Crippen molar-refractivity contribution in [2.45, 2.75) is 0 Å². The summed E-state index contributed by atoms with van der Waals surface area (Å²) < 4.78 is 6.82. The summed E-state index contributed by atoms with van der Waals surface area (Å²) in [5, 5.41) is 8.55. The molecule has 0 radical (unpaired) electrons. The van der Waals surface area contributed by atoms with Crippen LogP contribution in [0.3, 0.4) is 0 Å². The van der Waals surface area contributed by atoms with Gasteiger partial charge >= 0.3 is 0 Å². The average Bonchev–Trinajstić information content (AvgIpc) is 3.22. The molecule has 1 heterocycles. The third kappa shape index (κ3) is 4.51. The molecule has 0 aliphatic carbocycles. The summed E-state index contributed by atoms with van der Waals surface area (Å²) in [5.74, 6) is 0.457. The fraction of sp³-hybridized carbons (Fsp3) is 0.0455. The van der Waals surface area contributed by atoms with Gasteiger partial charge in [-0.3, -0.25) is 4.79 Å². The van der Waals surface area contributed by atoms with E-state index in [1.54, 1.807) is 60.7 Å². The lowest BCUT2D eigenvalue weighted by Crippen LogP contribution is -2.15. The lowest BCUT2D eigenvalue weighted by Gasteiger charge is -2.08. The zero-order valence-electron chi connectivity index (χ0n) is 16.1. The molecule has 4 aromatic rings. The highest BCUT2D eigenvalue weighted by Gasteiger charge is 2.20. The van der Waals surface area contributed by atoms with Gasteiger partial charge in [0.25, 0.3) is 5.91 Å². The van der Waals surface area contributed by atoms with Gasteiger partial charge < -0.3 is 10.1 Å². The number of benzene rings is 3. The lowest BCUT2D eigenvalue weighted by atomic mass is 10.2. The van der Waals surface area contributed by atoms with Crippen LogP contribution in [-0.2, 0) is 0 Å². The van der Waals surface area contributed by atoms with Crippen molar-refractivity contribution in [2.24, 2.45) is 0 Å². The molecule has 1 amide bonds. The monoisotopic (exact) mass is 472 g/mol. The minimum absolute atomic E-state index is 0.0260. The van der Waals surface area contributed by atoms with Crippen LogP contribution in [0.4, 0.5) is 5.69 Å². The molecule has 156 valence electrons. The Morgan fingerprint density at radius 2 is 1.71 bits per heavy atom. The first kappa shape index (κ1) is 21.2. The zero-order chi connectivity index (χ0) is 22.0. The van der Waals surface area contributed by atoms with Gasteiger partial charge in [-0.2, -0.15) is 0 Å². The summed E-state index contributed by atoms with van der Waals surface area (Å²) in [6, 6.07) is 19.2. The quantitative estimate of drug-likeness (QED) is 0.377. The minimum atomic E-state index is -0.487. The maximum absolute atomic E-state index is 12.9. The number of para-hydroxylation sites is 2. The molecule has 0 aliphatic heterocycles. The fourth-order valence-electron chi connectivity index (χ4n) is 2.92. The molecule has 31 heavy (non-hydrogen) atoms. The Morgan fingerprint density at radius 1 is 0.968 bits per heavy atom. The number of carbonyl (C=O) groups excluding carboxylic acids is 1. The van der Waals surface area contributed by atoms with Crippen LogP contribution in [0.15, 0.2) is 66.7 Å². The number of rotatable bonds is 5. The first-order chi connectivity index (χ1) is 15.0. The molecule has 3 aromatic carbocycles. The van der Waals surface area contributed by atoms with Crippen LogP contribution in [0.5, 0.6) is 5.75 Å². The maximum atomic E-state index is 12.9. The summed E-state index contributed by atoms with van der Waals surface area (Å²) in [4.78, 5) is 17.4. The van der Waals surface area contributed by atoms with E-state index in [1.807, 2.05) is 6.07 Å². The van der Waals surface area contributed by atoms with Crippen LogP contribution in [0.2, 0.25) is 15.1 Å². The third-order valence-corrected chi connectivity index (χ3v) is 5.41. The molecule has 0 fully saturated rings. The van der Waals surface area contributed by atoms with Crippen molar-refractivity contribution >= 4 is 46.4 Å². The van der Waals surface area contributed by atoms with E-state index >= 15 is 0 Å². The number of carbonyl (C=O) groups is 1. The van der Waals surface area contributed by atoms with Gasteiger partial charge in [-0.15, -0.1) is 5.10 Å². The molecule has 9 heteroatoms. The molecular weight excluding hydrogens is 459 g/mol. The van der Waals surface area contributed by atoms with Gasteiger partial charge in [0.05, 0.1) is 28.5 Å². The Kier molecular flexibility index (Phi) is 6.13. The number of nitrogens with zero attached hydrogens (tertiary/aromatic N) is 3. The van der Waals surface area contributed by atoms with Crippen molar-refractivity contribution < 1.29 is 9.53 Å². The Labute approximate surface area is 193 Å². The van der Waals surface area contributed by atoms with Crippen LogP contribution in [0.25, 0.3) is 17.1 Å². The smallest absolute Gasteiger partial charge is 0.295 e. The molecule has 0 saturated heterocycles. The standard InChI is InChI=1S/C22H15Cl3N4O2/c1-31-19-5-3-2-4-18(19)26-22(30)20-27-21(13-6-8-14(23)9-7-13)29(28-20)15-10-11-16(24)17(25)12-15/h2-12H,1H3,(H,26,30). The van der Waals surface area contributed by atoms with E-state index < -0.39 is 5.91 Å². The molecule has 0 saturated carbocycles.